The van der Waals surface area contributed by atoms with E-state index in [9.17, 15) is 4.79 Å². The molecule has 0 spiro atoms. The van der Waals surface area contributed by atoms with Crippen molar-refractivity contribution >= 4 is 5.91 Å². The molecule has 0 aliphatic heterocycles. The molecule has 0 aromatic heterocycles. The van der Waals surface area contributed by atoms with Gasteiger partial charge in [0, 0.05) is 24.8 Å². The van der Waals surface area contributed by atoms with Crippen molar-refractivity contribution in [1.29, 1.82) is 0 Å². The number of aliphatic hydroxyl groups excluding tert-OH is 1. The number of aliphatic hydroxyl groups is 1. The summed E-state index contributed by atoms with van der Waals surface area (Å²) in [5.74, 6) is 0.229. The summed E-state index contributed by atoms with van der Waals surface area (Å²) in [6.45, 7) is 5.04. The summed E-state index contributed by atoms with van der Waals surface area (Å²) in [6.07, 6.45) is 0.585. The molecule has 0 bridgehead atoms. The summed E-state index contributed by atoms with van der Waals surface area (Å²) in [5, 5.41) is 12.0. The Kier molecular flexibility index (Phi) is 6.68. The van der Waals surface area contributed by atoms with Gasteiger partial charge in [-0.2, -0.15) is 0 Å². The van der Waals surface area contributed by atoms with E-state index in [0.717, 1.165) is 6.54 Å². The van der Waals surface area contributed by atoms with Crippen LogP contribution in [0.25, 0.3) is 0 Å². The fraction of sp³-hybridized carbons (Fsp3) is 0.562. The zero-order valence-corrected chi connectivity index (χ0v) is 12.9. The third-order valence-corrected chi connectivity index (χ3v) is 3.28. The van der Waals surface area contributed by atoms with Crippen LogP contribution in [0.5, 0.6) is 0 Å². The fourth-order valence-electron chi connectivity index (χ4n) is 2.09. The van der Waals surface area contributed by atoms with E-state index in [1.807, 2.05) is 52.2 Å². The molecule has 1 aromatic carbocycles. The minimum Gasteiger partial charge on any atom is -0.396 e. The van der Waals surface area contributed by atoms with Crippen LogP contribution in [0, 0.1) is 5.92 Å². The van der Waals surface area contributed by atoms with Crippen molar-refractivity contribution in [3.8, 4) is 0 Å². The van der Waals surface area contributed by atoms with Crippen molar-refractivity contribution < 1.29 is 9.90 Å². The van der Waals surface area contributed by atoms with Gasteiger partial charge >= 0.3 is 0 Å². The van der Waals surface area contributed by atoms with Gasteiger partial charge in [-0.1, -0.05) is 26.0 Å². The minimum absolute atomic E-state index is 0.00829. The van der Waals surface area contributed by atoms with Crippen LogP contribution in [0.3, 0.4) is 0 Å². The molecule has 0 radical (unpaired) electrons. The number of amides is 1. The molecule has 2 N–H and O–H groups in total. The van der Waals surface area contributed by atoms with Gasteiger partial charge < -0.3 is 15.3 Å². The summed E-state index contributed by atoms with van der Waals surface area (Å²) in [7, 11) is 4.03. The van der Waals surface area contributed by atoms with Crippen LogP contribution < -0.4 is 5.32 Å². The van der Waals surface area contributed by atoms with Gasteiger partial charge in [-0.05, 0) is 44.1 Å². The molecule has 0 saturated heterocycles. The SMILES string of the molecule is CC(C)C(CCO)NC(=O)c1ccc(CN(C)C)cc1. The molecule has 1 atom stereocenters. The Labute approximate surface area is 121 Å². The van der Waals surface area contributed by atoms with E-state index in [0.29, 0.717) is 17.9 Å². The van der Waals surface area contributed by atoms with Crippen molar-refractivity contribution in [2.24, 2.45) is 5.92 Å². The van der Waals surface area contributed by atoms with Crippen molar-refractivity contribution in [3.05, 3.63) is 35.4 Å². The van der Waals surface area contributed by atoms with Gasteiger partial charge in [-0.25, -0.2) is 0 Å². The molecule has 20 heavy (non-hydrogen) atoms. The predicted molar refractivity (Wildman–Crippen MR) is 81.6 cm³/mol. The highest BCUT2D eigenvalue weighted by Crippen LogP contribution is 2.10. The monoisotopic (exact) mass is 278 g/mol. The van der Waals surface area contributed by atoms with Crippen molar-refractivity contribution in [2.45, 2.75) is 32.9 Å². The Balaban J connectivity index is 2.67. The summed E-state index contributed by atoms with van der Waals surface area (Å²) in [6, 6.07) is 7.67. The summed E-state index contributed by atoms with van der Waals surface area (Å²) in [4.78, 5) is 14.3. The molecule has 1 unspecified atom stereocenters. The largest absolute Gasteiger partial charge is 0.396 e. The van der Waals surface area contributed by atoms with Crippen LogP contribution in [-0.4, -0.2) is 42.7 Å². The van der Waals surface area contributed by atoms with Crippen molar-refractivity contribution in [2.75, 3.05) is 20.7 Å². The topological polar surface area (TPSA) is 52.6 Å². The second-order valence-electron chi connectivity index (χ2n) is 5.77. The zero-order valence-electron chi connectivity index (χ0n) is 12.9. The number of carbonyl (C=O) groups is 1. The lowest BCUT2D eigenvalue weighted by Crippen LogP contribution is -2.39. The molecule has 4 heteroatoms. The van der Waals surface area contributed by atoms with Gasteiger partial charge in [0.25, 0.3) is 5.91 Å². The number of hydrogen-bond acceptors (Lipinski definition) is 3. The fourth-order valence-corrected chi connectivity index (χ4v) is 2.09. The first-order valence-corrected chi connectivity index (χ1v) is 7.09. The molecule has 0 fully saturated rings. The van der Waals surface area contributed by atoms with E-state index in [1.165, 1.54) is 5.56 Å². The van der Waals surface area contributed by atoms with E-state index in [2.05, 4.69) is 10.2 Å². The van der Waals surface area contributed by atoms with Crippen LogP contribution in [0.4, 0.5) is 0 Å². The number of benzene rings is 1. The first kappa shape index (κ1) is 16.7. The predicted octanol–water partition coefficient (Wildman–Crippen LogP) is 1.89. The van der Waals surface area contributed by atoms with Gasteiger partial charge in [0.2, 0.25) is 0 Å². The summed E-state index contributed by atoms with van der Waals surface area (Å²) < 4.78 is 0. The second-order valence-corrected chi connectivity index (χ2v) is 5.77. The average Bonchev–Trinajstić information content (AvgIpc) is 2.38. The molecule has 0 saturated carbocycles. The number of carbonyl (C=O) groups excluding carboxylic acids is 1. The standard InChI is InChI=1S/C16H26N2O2/c1-12(2)15(9-10-19)17-16(20)14-7-5-13(6-8-14)11-18(3)4/h5-8,12,15,19H,9-11H2,1-4H3,(H,17,20). The van der Waals surface area contributed by atoms with Gasteiger partial charge in [-0.3, -0.25) is 4.79 Å². The van der Waals surface area contributed by atoms with Crippen LogP contribution >= 0.6 is 0 Å². The second kappa shape index (κ2) is 8.02. The van der Waals surface area contributed by atoms with Gasteiger partial charge in [-0.15, -0.1) is 0 Å². The van der Waals surface area contributed by atoms with E-state index < -0.39 is 0 Å². The Morgan fingerprint density at radius 3 is 2.30 bits per heavy atom. The Morgan fingerprint density at radius 2 is 1.85 bits per heavy atom. The van der Waals surface area contributed by atoms with Crippen molar-refractivity contribution in [3.63, 3.8) is 0 Å². The molecular weight excluding hydrogens is 252 g/mol. The van der Waals surface area contributed by atoms with Crippen LogP contribution in [0.1, 0.15) is 36.2 Å². The first-order chi connectivity index (χ1) is 9.43. The molecule has 1 rings (SSSR count). The molecule has 0 aliphatic rings. The molecule has 1 aromatic rings. The smallest absolute Gasteiger partial charge is 0.251 e. The highest BCUT2D eigenvalue weighted by Gasteiger charge is 2.16. The van der Waals surface area contributed by atoms with Crippen LogP contribution in [0.2, 0.25) is 0 Å². The molecule has 1 amide bonds. The van der Waals surface area contributed by atoms with Crippen molar-refractivity contribution in [1.82, 2.24) is 10.2 Å². The van der Waals surface area contributed by atoms with E-state index in [-0.39, 0.29) is 18.6 Å². The lowest BCUT2D eigenvalue weighted by atomic mass is 10.0. The minimum atomic E-state index is -0.0754. The maximum atomic E-state index is 12.2. The van der Waals surface area contributed by atoms with E-state index in [4.69, 9.17) is 5.11 Å². The zero-order chi connectivity index (χ0) is 15.1. The average molecular weight is 278 g/mol. The molecule has 0 aliphatic carbocycles. The molecule has 4 nitrogen and oxygen atoms in total. The molecular formula is C16H26N2O2. The Morgan fingerprint density at radius 1 is 1.25 bits per heavy atom. The van der Waals surface area contributed by atoms with Gasteiger partial charge in [0.05, 0.1) is 0 Å². The third kappa shape index (κ3) is 5.31. The third-order valence-electron chi connectivity index (χ3n) is 3.28. The number of nitrogens with zero attached hydrogens (tertiary/aromatic N) is 1. The maximum absolute atomic E-state index is 12.2. The number of nitrogens with one attached hydrogen (secondary N) is 1. The molecule has 112 valence electrons. The first-order valence-electron chi connectivity index (χ1n) is 7.09. The maximum Gasteiger partial charge on any atom is 0.251 e. The Hall–Kier alpha value is -1.39. The Bertz CT molecular complexity index is 413. The lowest BCUT2D eigenvalue weighted by molar-refractivity contribution is 0.0916. The normalized spacial score (nSPS) is 12.8. The van der Waals surface area contributed by atoms with Gasteiger partial charge in [0.1, 0.15) is 0 Å². The number of hydrogen-bond donors (Lipinski definition) is 2. The van der Waals surface area contributed by atoms with Crippen LogP contribution in [0.15, 0.2) is 24.3 Å². The lowest BCUT2D eigenvalue weighted by Gasteiger charge is -2.21. The van der Waals surface area contributed by atoms with Crippen LogP contribution in [-0.2, 0) is 6.54 Å². The highest BCUT2D eigenvalue weighted by atomic mass is 16.3. The number of rotatable bonds is 7. The van der Waals surface area contributed by atoms with E-state index >= 15 is 0 Å². The van der Waals surface area contributed by atoms with Gasteiger partial charge in [0.15, 0.2) is 0 Å². The summed E-state index contributed by atoms with van der Waals surface area (Å²) in [5.41, 5.74) is 1.85. The van der Waals surface area contributed by atoms with E-state index in [1.54, 1.807) is 0 Å². The molecule has 0 heterocycles. The summed E-state index contributed by atoms with van der Waals surface area (Å²) >= 11 is 0. The highest BCUT2D eigenvalue weighted by molar-refractivity contribution is 5.94. The quantitative estimate of drug-likeness (QED) is 0.801.